The van der Waals surface area contributed by atoms with Gasteiger partial charge in [0.15, 0.2) is 0 Å². The molecule has 2 atom stereocenters. The highest BCUT2D eigenvalue weighted by Crippen LogP contribution is 2.38. The third-order valence-electron chi connectivity index (χ3n) is 3.44. The molecule has 2 rings (SSSR count). The van der Waals surface area contributed by atoms with E-state index >= 15 is 0 Å². The zero-order valence-corrected chi connectivity index (χ0v) is 13.6. The number of rotatable bonds is 3. The molecule has 0 bridgehead atoms. The zero-order chi connectivity index (χ0) is 14.0. The molecule has 0 heterocycles. The summed E-state index contributed by atoms with van der Waals surface area (Å²) in [6.45, 7) is 0. The summed E-state index contributed by atoms with van der Waals surface area (Å²) in [5, 5.41) is 3.23. The van der Waals surface area contributed by atoms with Crippen LogP contribution in [0, 0.1) is 0 Å². The zero-order valence-electron chi connectivity index (χ0n) is 10.5. The second-order valence-electron chi connectivity index (χ2n) is 4.58. The van der Waals surface area contributed by atoms with Crippen LogP contribution in [0.1, 0.15) is 5.56 Å². The van der Waals surface area contributed by atoms with Crippen LogP contribution in [-0.4, -0.2) is 18.6 Å². The van der Waals surface area contributed by atoms with Gasteiger partial charge in [0.25, 0.3) is 0 Å². The Kier molecular flexibility index (Phi) is 4.61. The summed E-state index contributed by atoms with van der Waals surface area (Å²) in [7, 11) is 1.84. The molecular weight excluding hydrogens is 375 g/mol. The SMILES string of the molecule is CNC1(Cc2ccccc2)C=C(Br)C(F)=C(Br)C1N. The maximum Gasteiger partial charge on any atom is 0.148 e. The largest absolute Gasteiger partial charge is 0.322 e. The third kappa shape index (κ3) is 2.84. The van der Waals surface area contributed by atoms with Crippen molar-refractivity contribution in [3.8, 4) is 0 Å². The highest BCUT2D eigenvalue weighted by Gasteiger charge is 2.40. The number of benzene rings is 1. The minimum absolute atomic E-state index is 0.341. The number of hydrogen-bond acceptors (Lipinski definition) is 2. The van der Waals surface area contributed by atoms with Gasteiger partial charge in [-0.25, -0.2) is 4.39 Å². The Hall–Kier alpha value is -0.490. The van der Waals surface area contributed by atoms with Crippen LogP contribution in [0.15, 0.2) is 51.2 Å². The Labute approximate surface area is 129 Å². The molecule has 1 aromatic rings. The average molecular weight is 390 g/mol. The molecule has 0 radical (unpaired) electrons. The molecule has 19 heavy (non-hydrogen) atoms. The topological polar surface area (TPSA) is 38.0 Å². The average Bonchev–Trinajstić information content (AvgIpc) is 2.43. The van der Waals surface area contributed by atoms with E-state index in [2.05, 4.69) is 37.2 Å². The Morgan fingerprint density at radius 1 is 1.32 bits per heavy atom. The van der Waals surface area contributed by atoms with Crippen LogP contribution in [0.2, 0.25) is 0 Å². The van der Waals surface area contributed by atoms with Crippen LogP contribution in [-0.2, 0) is 6.42 Å². The van der Waals surface area contributed by atoms with E-state index < -0.39 is 11.6 Å². The number of nitrogens with two attached hydrogens (primary N) is 1. The van der Waals surface area contributed by atoms with Gasteiger partial charge in [-0.1, -0.05) is 46.3 Å². The molecule has 0 amide bonds. The Morgan fingerprint density at radius 3 is 2.53 bits per heavy atom. The lowest BCUT2D eigenvalue weighted by molar-refractivity contribution is 0.377. The van der Waals surface area contributed by atoms with Crippen molar-refractivity contribution in [2.24, 2.45) is 5.73 Å². The standard InChI is InChI=1S/C14H15Br2FN2/c1-19-14(7-9-5-3-2-4-6-9)8-10(15)12(17)11(16)13(14)18/h2-6,8,13,19H,7,18H2,1H3. The maximum atomic E-state index is 13.8. The molecule has 0 saturated heterocycles. The van der Waals surface area contributed by atoms with Crippen molar-refractivity contribution in [3.63, 3.8) is 0 Å². The fourth-order valence-electron chi connectivity index (χ4n) is 2.27. The van der Waals surface area contributed by atoms with Crippen molar-refractivity contribution in [1.82, 2.24) is 5.32 Å². The van der Waals surface area contributed by atoms with E-state index in [-0.39, 0.29) is 5.83 Å². The fourth-order valence-corrected chi connectivity index (χ4v) is 3.78. The van der Waals surface area contributed by atoms with Crippen LogP contribution >= 0.6 is 31.9 Å². The summed E-state index contributed by atoms with van der Waals surface area (Å²) in [5.74, 6) is -0.341. The lowest BCUT2D eigenvalue weighted by Gasteiger charge is -2.39. The van der Waals surface area contributed by atoms with E-state index in [1.807, 2.05) is 43.5 Å². The molecular formula is C14H15Br2FN2. The van der Waals surface area contributed by atoms with E-state index in [1.54, 1.807) is 0 Å². The number of nitrogens with one attached hydrogen (secondary N) is 1. The predicted octanol–water partition coefficient (Wildman–Crippen LogP) is 3.38. The smallest absolute Gasteiger partial charge is 0.148 e. The minimum atomic E-state index is -0.519. The molecule has 1 aliphatic rings. The van der Waals surface area contributed by atoms with E-state index in [0.717, 1.165) is 5.56 Å². The van der Waals surface area contributed by atoms with Crippen molar-refractivity contribution in [2.75, 3.05) is 7.05 Å². The summed E-state index contributed by atoms with van der Waals surface area (Å²) >= 11 is 6.51. The monoisotopic (exact) mass is 388 g/mol. The second-order valence-corrected chi connectivity index (χ2v) is 6.29. The van der Waals surface area contributed by atoms with Crippen LogP contribution in [0.3, 0.4) is 0 Å². The molecule has 2 unspecified atom stereocenters. The van der Waals surface area contributed by atoms with E-state index in [4.69, 9.17) is 5.73 Å². The number of likely N-dealkylation sites (N-methyl/N-ethyl adjacent to an activating group) is 1. The molecule has 0 fully saturated rings. The minimum Gasteiger partial charge on any atom is -0.322 e. The molecule has 0 saturated carbocycles. The van der Waals surface area contributed by atoms with Gasteiger partial charge in [-0.15, -0.1) is 0 Å². The second kappa shape index (κ2) is 5.87. The van der Waals surface area contributed by atoms with E-state index in [0.29, 0.717) is 15.4 Å². The highest BCUT2D eigenvalue weighted by molar-refractivity contribution is 9.12. The maximum absolute atomic E-state index is 13.8. The summed E-state index contributed by atoms with van der Waals surface area (Å²) < 4.78 is 14.7. The first kappa shape index (κ1) is 14.9. The van der Waals surface area contributed by atoms with Gasteiger partial charge in [0.05, 0.1) is 20.5 Å². The first-order chi connectivity index (χ1) is 9.00. The van der Waals surface area contributed by atoms with Gasteiger partial charge in [-0.05, 0) is 41.0 Å². The van der Waals surface area contributed by atoms with Gasteiger partial charge < -0.3 is 11.1 Å². The van der Waals surface area contributed by atoms with E-state index in [9.17, 15) is 4.39 Å². The van der Waals surface area contributed by atoms with E-state index in [1.165, 1.54) is 0 Å². The predicted molar refractivity (Wildman–Crippen MR) is 84.0 cm³/mol. The Balaban J connectivity index is 2.39. The quantitative estimate of drug-likeness (QED) is 0.831. The molecule has 0 aromatic heterocycles. The van der Waals surface area contributed by atoms with Gasteiger partial charge >= 0.3 is 0 Å². The van der Waals surface area contributed by atoms with Gasteiger partial charge in [0.2, 0.25) is 0 Å². The first-order valence-electron chi connectivity index (χ1n) is 5.92. The Bertz CT molecular complexity index is 528. The molecule has 1 aliphatic carbocycles. The van der Waals surface area contributed by atoms with Crippen molar-refractivity contribution in [2.45, 2.75) is 18.0 Å². The summed E-state index contributed by atoms with van der Waals surface area (Å²) in [5.41, 5.74) is 6.82. The first-order valence-corrected chi connectivity index (χ1v) is 7.51. The van der Waals surface area contributed by atoms with Gasteiger partial charge in [-0.3, -0.25) is 0 Å². The molecule has 1 aromatic carbocycles. The van der Waals surface area contributed by atoms with Gasteiger partial charge in [0.1, 0.15) is 5.83 Å². The van der Waals surface area contributed by atoms with Crippen molar-refractivity contribution in [1.29, 1.82) is 0 Å². The third-order valence-corrected chi connectivity index (χ3v) is 4.85. The molecule has 3 N–H and O–H groups in total. The van der Waals surface area contributed by atoms with Crippen LogP contribution in [0.5, 0.6) is 0 Å². The molecule has 5 heteroatoms. The molecule has 0 spiro atoms. The molecule has 102 valence electrons. The summed E-state index contributed by atoms with van der Waals surface area (Å²) in [6, 6.07) is 9.54. The number of allylic oxidation sites excluding steroid dienone is 2. The lowest BCUT2D eigenvalue weighted by atomic mass is 9.81. The van der Waals surface area contributed by atoms with Crippen LogP contribution < -0.4 is 11.1 Å². The van der Waals surface area contributed by atoms with Gasteiger partial charge in [-0.2, -0.15) is 0 Å². The number of halogens is 3. The van der Waals surface area contributed by atoms with Crippen LogP contribution in [0.4, 0.5) is 4.39 Å². The number of hydrogen-bond donors (Lipinski definition) is 2. The lowest BCUT2D eigenvalue weighted by Crippen LogP contribution is -2.58. The summed E-state index contributed by atoms with van der Waals surface area (Å²) in [4.78, 5) is 0. The van der Waals surface area contributed by atoms with Crippen molar-refractivity contribution >= 4 is 31.9 Å². The normalized spacial score (nSPS) is 27.4. The van der Waals surface area contributed by atoms with Gasteiger partial charge in [0, 0.05) is 0 Å². The van der Waals surface area contributed by atoms with Crippen molar-refractivity contribution < 1.29 is 4.39 Å². The fraction of sp³-hybridized carbons (Fsp3) is 0.286. The summed E-state index contributed by atoms with van der Waals surface area (Å²) in [6.07, 6.45) is 2.49. The molecule has 2 nitrogen and oxygen atoms in total. The van der Waals surface area contributed by atoms with Crippen molar-refractivity contribution in [3.05, 3.63) is 56.8 Å². The highest BCUT2D eigenvalue weighted by atomic mass is 79.9. The Morgan fingerprint density at radius 2 is 1.95 bits per heavy atom. The van der Waals surface area contributed by atoms with Crippen LogP contribution in [0.25, 0.3) is 0 Å². The molecule has 0 aliphatic heterocycles.